The fraction of sp³-hybridized carbons (Fsp3) is 0.250. The number of benzene rings is 1. The summed E-state index contributed by atoms with van der Waals surface area (Å²) in [5, 5.41) is 0. The van der Waals surface area contributed by atoms with E-state index in [-0.39, 0.29) is 11.9 Å². The number of pyridine rings is 1. The van der Waals surface area contributed by atoms with Crippen molar-refractivity contribution in [3.8, 4) is 0 Å². The number of hydrogen-bond donors (Lipinski definition) is 0. The molecule has 0 saturated carbocycles. The second-order valence-electron chi connectivity index (χ2n) is 4.85. The third-order valence-electron chi connectivity index (χ3n) is 3.03. The molecule has 104 valence electrons. The van der Waals surface area contributed by atoms with Crippen molar-refractivity contribution in [2.45, 2.75) is 26.4 Å². The van der Waals surface area contributed by atoms with Gasteiger partial charge < -0.3 is 4.90 Å². The van der Waals surface area contributed by atoms with Crippen molar-refractivity contribution in [3.63, 3.8) is 0 Å². The number of hydrogen-bond acceptors (Lipinski definition) is 2. The Bertz CT molecular complexity index is 567. The van der Waals surface area contributed by atoms with Gasteiger partial charge in [0.1, 0.15) is 0 Å². The summed E-state index contributed by atoms with van der Waals surface area (Å²) in [7, 11) is 0. The van der Waals surface area contributed by atoms with Gasteiger partial charge in [0.15, 0.2) is 0 Å². The van der Waals surface area contributed by atoms with E-state index in [1.54, 1.807) is 6.20 Å². The quantitative estimate of drug-likeness (QED) is 0.758. The van der Waals surface area contributed by atoms with E-state index in [2.05, 4.69) is 27.6 Å². The van der Waals surface area contributed by atoms with Crippen LogP contribution in [0.15, 0.2) is 48.7 Å². The Morgan fingerprint density at radius 1 is 1.20 bits per heavy atom. The Morgan fingerprint density at radius 3 is 2.45 bits per heavy atom. The highest BCUT2D eigenvalue weighted by atomic mass is 127. The standard InChI is InChI=1S/C16H17IN2O/c1-12(2)19(11-15-5-3-4-10-18-15)16(20)13-6-8-14(17)9-7-13/h3-10,12H,11H2,1-2H3. The van der Waals surface area contributed by atoms with Gasteiger partial charge in [0.25, 0.3) is 5.91 Å². The van der Waals surface area contributed by atoms with Crippen molar-refractivity contribution < 1.29 is 4.79 Å². The zero-order chi connectivity index (χ0) is 14.5. The molecule has 0 spiro atoms. The lowest BCUT2D eigenvalue weighted by Crippen LogP contribution is -2.36. The molecule has 0 fully saturated rings. The normalized spacial score (nSPS) is 10.6. The minimum absolute atomic E-state index is 0.0436. The smallest absolute Gasteiger partial charge is 0.254 e. The molecule has 0 radical (unpaired) electrons. The van der Waals surface area contributed by atoms with Gasteiger partial charge in [-0.2, -0.15) is 0 Å². The lowest BCUT2D eigenvalue weighted by Gasteiger charge is -2.26. The summed E-state index contributed by atoms with van der Waals surface area (Å²) >= 11 is 2.23. The largest absolute Gasteiger partial charge is 0.330 e. The van der Waals surface area contributed by atoms with Gasteiger partial charge >= 0.3 is 0 Å². The van der Waals surface area contributed by atoms with E-state index in [0.29, 0.717) is 6.54 Å². The number of rotatable bonds is 4. The maximum atomic E-state index is 12.6. The molecule has 1 heterocycles. The van der Waals surface area contributed by atoms with Crippen LogP contribution in [0.3, 0.4) is 0 Å². The first-order chi connectivity index (χ1) is 9.58. The average molecular weight is 380 g/mol. The summed E-state index contributed by atoms with van der Waals surface area (Å²) in [6.45, 7) is 4.57. The molecule has 1 amide bonds. The third-order valence-corrected chi connectivity index (χ3v) is 3.75. The van der Waals surface area contributed by atoms with Crippen LogP contribution in [0.25, 0.3) is 0 Å². The van der Waals surface area contributed by atoms with E-state index >= 15 is 0 Å². The second-order valence-corrected chi connectivity index (χ2v) is 6.10. The van der Waals surface area contributed by atoms with Crippen LogP contribution in [0.1, 0.15) is 29.9 Å². The number of aromatic nitrogens is 1. The Hall–Kier alpha value is -1.43. The highest BCUT2D eigenvalue weighted by Gasteiger charge is 2.19. The molecule has 3 nitrogen and oxygen atoms in total. The fourth-order valence-electron chi connectivity index (χ4n) is 1.91. The Kier molecular flexibility index (Phi) is 5.11. The lowest BCUT2D eigenvalue weighted by molar-refractivity contribution is 0.0688. The van der Waals surface area contributed by atoms with E-state index in [1.807, 2.05) is 61.2 Å². The summed E-state index contributed by atoms with van der Waals surface area (Å²) in [4.78, 5) is 18.7. The number of halogens is 1. The number of nitrogens with zero attached hydrogens (tertiary/aromatic N) is 2. The van der Waals surface area contributed by atoms with Gasteiger partial charge in [-0.15, -0.1) is 0 Å². The van der Waals surface area contributed by atoms with Gasteiger partial charge in [0.2, 0.25) is 0 Å². The highest BCUT2D eigenvalue weighted by molar-refractivity contribution is 14.1. The zero-order valence-corrected chi connectivity index (χ0v) is 13.7. The maximum Gasteiger partial charge on any atom is 0.254 e. The van der Waals surface area contributed by atoms with Gasteiger partial charge in [-0.1, -0.05) is 6.07 Å². The number of carbonyl (C=O) groups is 1. The van der Waals surface area contributed by atoms with Crippen LogP contribution in [-0.4, -0.2) is 21.8 Å². The first-order valence-electron chi connectivity index (χ1n) is 6.54. The monoisotopic (exact) mass is 380 g/mol. The molecule has 2 aromatic rings. The summed E-state index contributed by atoms with van der Waals surface area (Å²) in [5.74, 6) is 0.0436. The van der Waals surface area contributed by atoms with Crippen molar-refractivity contribution >= 4 is 28.5 Å². The molecule has 20 heavy (non-hydrogen) atoms. The van der Waals surface area contributed by atoms with E-state index < -0.39 is 0 Å². The van der Waals surface area contributed by atoms with Crippen molar-refractivity contribution in [2.24, 2.45) is 0 Å². The van der Waals surface area contributed by atoms with E-state index in [9.17, 15) is 4.79 Å². The molecule has 0 bridgehead atoms. The highest BCUT2D eigenvalue weighted by Crippen LogP contribution is 2.14. The van der Waals surface area contributed by atoms with Crippen LogP contribution in [-0.2, 0) is 6.54 Å². The van der Waals surface area contributed by atoms with Crippen LogP contribution in [0.4, 0.5) is 0 Å². The van der Waals surface area contributed by atoms with Gasteiger partial charge in [0, 0.05) is 21.4 Å². The minimum Gasteiger partial charge on any atom is -0.330 e. The van der Waals surface area contributed by atoms with Crippen LogP contribution < -0.4 is 0 Å². The second kappa shape index (κ2) is 6.83. The summed E-state index contributed by atoms with van der Waals surface area (Å²) in [6, 6.07) is 13.5. The first kappa shape index (κ1) is 15.0. The molecule has 0 N–H and O–H groups in total. The van der Waals surface area contributed by atoms with Crippen molar-refractivity contribution in [1.29, 1.82) is 0 Å². The molecule has 0 saturated heterocycles. The van der Waals surface area contributed by atoms with Gasteiger partial charge in [-0.3, -0.25) is 9.78 Å². The molecule has 1 aromatic heterocycles. The molecule has 2 rings (SSSR count). The topological polar surface area (TPSA) is 33.2 Å². The molecule has 0 aliphatic rings. The van der Waals surface area contributed by atoms with Crippen molar-refractivity contribution in [3.05, 3.63) is 63.5 Å². The average Bonchev–Trinajstić information content (AvgIpc) is 2.45. The van der Waals surface area contributed by atoms with Gasteiger partial charge in [0.05, 0.1) is 12.2 Å². The number of carbonyl (C=O) groups excluding carboxylic acids is 1. The SMILES string of the molecule is CC(C)N(Cc1ccccn1)C(=O)c1ccc(I)cc1. The summed E-state index contributed by atoms with van der Waals surface area (Å²) < 4.78 is 1.12. The van der Waals surface area contributed by atoms with Crippen LogP contribution in [0, 0.1) is 3.57 Å². The molecule has 0 aliphatic heterocycles. The number of amides is 1. The maximum absolute atomic E-state index is 12.6. The molecular formula is C16H17IN2O. The van der Waals surface area contributed by atoms with Gasteiger partial charge in [-0.05, 0) is 72.8 Å². The molecule has 1 aromatic carbocycles. The predicted octanol–water partition coefficient (Wildman–Crippen LogP) is 3.74. The Balaban J connectivity index is 2.20. The Labute approximate surface area is 133 Å². The molecule has 0 unspecified atom stereocenters. The molecular weight excluding hydrogens is 363 g/mol. The van der Waals surface area contributed by atoms with E-state index in [0.717, 1.165) is 14.8 Å². The van der Waals surface area contributed by atoms with Gasteiger partial charge in [-0.25, -0.2) is 0 Å². The van der Waals surface area contributed by atoms with Crippen LogP contribution in [0.2, 0.25) is 0 Å². The Morgan fingerprint density at radius 2 is 1.90 bits per heavy atom. The third kappa shape index (κ3) is 3.79. The van der Waals surface area contributed by atoms with Crippen LogP contribution in [0.5, 0.6) is 0 Å². The summed E-state index contributed by atoms with van der Waals surface area (Å²) in [6.07, 6.45) is 1.75. The van der Waals surface area contributed by atoms with E-state index in [4.69, 9.17) is 0 Å². The predicted molar refractivity (Wildman–Crippen MR) is 88.4 cm³/mol. The summed E-state index contributed by atoms with van der Waals surface area (Å²) in [5.41, 5.74) is 1.62. The zero-order valence-electron chi connectivity index (χ0n) is 11.6. The van der Waals surface area contributed by atoms with Crippen LogP contribution >= 0.6 is 22.6 Å². The lowest BCUT2D eigenvalue weighted by atomic mass is 10.1. The first-order valence-corrected chi connectivity index (χ1v) is 7.62. The fourth-order valence-corrected chi connectivity index (χ4v) is 2.27. The van der Waals surface area contributed by atoms with Crippen molar-refractivity contribution in [1.82, 2.24) is 9.88 Å². The van der Waals surface area contributed by atoms with Crippen molar-refractivity contribution in [2.75, 3.05) is 0 Å². The molecule has 0 atom stereocenters. The van der Waals surface area contributed by atoms with E-state index in [1.165, 1.54) is 0 Å². The molecule has 0 aliphatic carbocycles. The molecule has 4 heteroatoms. The minimum atomic E-state index is 0.0436.